The number of ether oxygens (including phenoxy) is 1. The molecule has 2 aromatic rings. The lowest BCUT2D eigenvalue weighted by Gasteiger charge is -2.08. The van der Waals surface area contributed by atoms with Gasteiger partial charge in [-0.3, -0.25) is 9.48 Å². The van der Waals surface area contributed by atoms with E-state index in [1.807, 2.05) is 13.2 Å². The molecule has 1 aromatic carbocycles. The van der Waals surface area contributed by atoms with Crippen LogP contribution in [0, 0.1) is 0 Å². The summed E-state index contributed by atoms with van der Waals surface area (Å²) in [6, 6.07) is 4.97. The molecular formula is C13H16N4O2. The Kier molecular flexibility index (Phi) is 3.70. The number of nitrogens with two attached hydrogens (primary N) is 1. The van der Waals surface area contributed by atoms with Gasteiger partial charge in [0.1, 0.15) is 5.75 Å². The van der Waals surface area contributed by atoms with Gasteiger partial charge in [0.15, 0.2) is 0 Å². The van der Waals surface area contributed by atoms with Crippen LogP contribution < -0.4 is 15.8 Å². The number of hydrogen-bond donors (Lipinski definition) is 2. The number of benzene rings is 1. The van der Waals surface area contributed by atoms with Crippen LogP contribution in [0.5, 0.6) is 5.75 Å². The number of aryl methyl sites for hydroxylation is 1. The molecule has 1 amide bonds. The lowest BCUT2D eigenvalue weighted by Crippen LogP contribution is -2.23. The van der Waals surface area contributed by atoms with Gasteiger partial charge in [-0.25, -0.2) is 0 Å². The Balaban J connectivity index is 2.03. The summed E-state index contributed by atoms with van der Waals surface area (Å²) in [6.07, 6.45) is 3.55. The Morgan fingerprint density at radius 2 is 2.32 bits per heavy atom. The summed E-state index contributed by atoms with van der Waals surface area (Å²) >= 11 is 0. The van der Waals surface area contributed by atoms with Crippen molar-refractivity contribution in [2.45, 2.75) is 6.54 Å². The molecule has 0 saturated heterocycles. The predicted octanol–water partition coefficient (Wildman–Crippen LogP) is 0.941. The third kappa shape index (κ3) is 3.04. The standard InChI is InChI=1S/C13H16N4O2/c1-17-8-9(7-16-17)6-15-13(18)11-4-3-10(19-2)5-12(11)14/h3-5,7-8H,6,14H2,1-2H3,(H,15,18). The first-order chi connectivity index (χ1) is 9.10. The zero-order chi connectivity index (χ0) is 13.8. The van der Waals surface area contributed by atoms with E-state index in [1.165, 1.54) is 0 Å². The van der Waals surface area contributed by atoms with Crippen LogP contribution in [-0.2, 0) is 13.6 Å². The van der Waals surface area contributed by atoms with Crippen molar-refractivity contribution >= 4 is 11.6 Å². The van der Waals surface area contributed by atoms with Crippen molar-refractivity contribution in [3.8, 4) is 5.75 Å². The predicted molar refractivity (Wildman–Crippen MR) is 71.8 cm³/mol. The second-order valence-electron chi connectivity index (χ2n) is 4.16. The van der Waals surface area contributed by atoms with Crippen LogP contribution in [0.3, 0.4) is 0 Å². The molecule has 0 radical (unpaired) electrons. The minimum atomic E-state index is -0.219. The number of nitrogen functional groups attached to an aromatic ring is 1. The molecule has 6 heteroatoms. The van der Waals surface area contributed by atoms with E-state index in [2.05, 4.69) is 10.4 Å². The molecule has 6 nitrogen and oxygen atoms in total. The van der Waals surface area contributed by atoms with E-state index < -0.39 is 0 Å². The lowest BCUT2D eigenvalue weighted by atomic mass is 10.1. The molecule has 0 aliphatic rings. The van der Waals surface area contributed by atoms with Crippen LogP contribution in [0.1, 0.15) is 15.9 Å². The number of methoxy groups -OCH3 is 1. The number of carbonyl (C=O) groups excluding carboxylic acids is 1. The summed E-state index contributed by atoms with van der Waals surface area (Å²) in [6.45, 7) is 0.415. The molecule has 0 bridgehead atoms. The van der Waals surface area contributed by atoms with E-state index >= 15 is 0 Å². The Bertz CT molecular complexity index is 592. The number of hydrogen-bond acceptors (Lipinski definition) is 4. The zero-order valence-electron chi connectivity index (χ0n) is 10.9. The maximum absolute atomic E-state index is 12.0. The molecule has 0 fully saturated rings. The Morgan fingerprint density at radius 1 is 1.53 bits per heavy atom. The van der Waals surface area contributed by atoms with Crippen molar-refractivity contribution in [3.63, 3.8) is 0 Å². The van der Waals surface area contributed by atoms with Gasteiger partial charge in [-0.15, -0.1) is 0 Å². The summed E-state index contributed by atoms with van der Waals surface area (Å²) < 4.78 is 6.72. The summed E-state index contributed by atoms with van der Waals surface area (Å²) in [4.78, 5) is 12.0. The number of aromatic nitrogens is 2. The Morgan fingerprint density at radius 3 is 2.89 bits per heavy atom. The van der Waals surface area contributed by atoms with E-state index in [0.29, 0.717) is 23.5 Å². The van der Waals surface area contributed by atoms with Crippen molar-refractivity contribution in [3.05, 3.63) is 41.7 Å². The molecule has 0 saturated carbocycles. The highest BCUT2D eigenvalue weighted by Crippen LogP contribution is 2.19. The van der Waals surface area contributed by atoms with Gasteiger partial charge in [-0.1, -0.05) is 0 Å². The summed E-state index contributed by atoms with van der Waals surface area (Å²) in [7, 11) is 3.38. The first kappa shape index (κ1) is 12.9. The molecule has 0 aliphatic heterocycles. The smallest absolute Gasteiger partial charge is 0.253 e. The SMILES string of the molecule is COc1ccc(C(=O)NCc2cnn(C)c2)c(N)c1. The molecule has 1 aromatic heterocycles. The maximum Gasteiger partial charge on any atom is 0.253 e. The summed E-state index contributed by atoms with van der Waals surface area (Å²) in [5, 5.41) is 6.83. The van der Waals surface area contributed by atoms with Gasteiger partial charge in [0, 0.05) is 37.1 Å². The van der Waals surface area contributed by atoms with Gasteiger partial charge in [-0.05, 0) is 12.1 Å². The molecule has 3 N–H and O–H groups in total. The minimum Gasteiger partial charge on any atom is -0.497 e. The number of nitrogens with one attached hydrogen (secondary N) is 1. The van der Waals surface area contributed by atoms with E-state index in [-0.39, 0.29) is 5.91 Å². The number of anilines is 1. The average molecular weight is 260 g/mol. The van der Waals surface area contributed by atoms with E-state index in [1.54, 1.807) is 36.2 Å². The summed E-state index contributed by atoms with van der Waals surface area (Å²) in [5.74, 6) is 0.408. The van der Waals surface area contributed by atoms with Crippen molar-refractivity contribution in [2.75, 3.05) is 12.8 Å². The fraction of sp³-hybridized carbons (Fsp3) is 0.231. The van der Waals surface area contributed by atoms with Crippen LogP contribution in [-0.4, -0.2) is 22.8 Å². The Hall–Kier alpha value is -2.50. The molecule has 100 valence electrons. The van der Waals surface area contributed by atoms with E-state index in [4.69, 9.17) is 10.5 Å². The fourth-order valence-corrected chi connectivity index (χ4v) is 1.72. The van der Waals surface area contributed by atoms with Gasteiger partial charge >= 0.3 is 0 Å². The third-order valence-corrected chi connectivity index (χ3v) is 2.71. The first-order valence-electron chi connectivity index (χ1n) is 5.79. The largest absolute Gasteiger partial charge is 0.497 e. The van der Waals surface area contributed by atoms with E-state index in [9.17, 15) is 4.79 Å². The molecule has 1 heterocycles. The minimum absolute atomic E-state index is 0.219. The van der Waals surface area contributed by atoms with Crippen molar-refractivity contribution in [1.82, 2.24) is 15.1 Å². The first-order valence-corrected chi connectivity index (χ1v) is 5.79. The Labute approximate surface area is 111 Å². The molecule has 0 atom stereocenters. The molecule has 0 unspecified atom stereocenters. The number of carbonyl (C=O) groups is 1. The van der Waals surface area contributed by atoms with E-state index in [0.717, 1.165) is 5.56 Å². The lowest BCUT2D eigenvalue weighted by molar-refractivity contribution is 0.0952. The van der Waals surface area contributed by atoms with Gasteiger partial charge in [0.25, 0.3) is 5.91 Å². The van der Waals surface area contributed by atoms with Crippen molar-refractivity contribution in [1.29, 1.82) is 0 Å². The second kappa shape index (κ2) is 5.43. The number of rotatable bonds is 4. The molecule has 2 rings (SSSR count). The molecular weight excluding hydrogens is 244 g/mol. The quantitative estimate of drug-likeness (QED) is 0.801. The van der Waals surface area contributed by atoms with Crippen LogP contribution in [0.2, 0.25) is 0 Å². The van der Waals surface area contributed by atoms with Gasteiger partial charge in [0.05, 0.1) is 18.9 Å². The fourth-order valence-electron chi connectivity index (χ4n) is 1.72. The highest BCUT2D eigenvalue weighted by Gasteiger charge is 2.10. The second-order valence-corrected chi connectivity index (χ2v) is 4.16. The van der Waals surface area contributed by atoms with Crippen molar-refractivity contribution < 1.29 is 9.53 Å². The highest BCUT2D eigenvalue weighted by molar-refractivity contribution is 5.99. The summed E-state index contributed by atoms with van der Waals surface area (Å²) in [5.41, 5.74) is 7.57. The molecule has 0 spiro atoms. The van der Waals surface area contributed by atoms with Crippen molar-refractivity contribution in [2.24, 2.45) is 7.05 Å². The molecule has 0 aliphatic carbocycles. The number of amides is 1. The van der Waals surface area contributed by atoms with Gasteiger partial charge in [0.2, 0.25) is 0 Å². The van der Waals surface area contributed by atoms with Crippen LogP contribution >= 0.6 is 0 Å². The van der Waals surface area contributed by atoms with Gasteiger partial charge in [-0.2, -0.15) is 5.10 Å². The third-order valence-electron chi connectivity index (χ3n) is 2.71. The highest BCUT2D eigenvalue weighted by atomic mass is 16.5. The molecule has 19 heavy (non-hydrogen) atoms. The number of nitrogens with zero attached hydrogens (tertiary/aromatic N) is 2. The van der Waals surface area contributed by atoms with Crippen LogP contribution in [0.4, 0.5) is 5.69 Å². The normalized spacial score (nSPS) is 10.2. The van der Waals surface area contributed by atoms with Crippen LogP contribution in [0.25, 0.3) is 0 Å². The van der Waals surface area contributed by atoms with Gasteiger partial charge < -0.3 is 15.8 Å². The monoisotopic (exact) mass is 260 g/mol. The average Bonchev–Trinajstić information content (AvgIpc) is 2.81. The topological polar surface area (TPSA) is 82.2 Å². The maximum atomic E-state index is 12.0. The zero-order valence-corrected chi connectivity index (χ0v) is 10.9. The van der Waals surface area contributed by atoms with Crippen LogP contribution in [0.15, 0.2) is 30.6 Å².